The molecule has 1 aromatic heterocycles. The number of H-pyrrole nitrogens is 1. The average molecular weight is 601 g/mol. The molecule has 3 heterocycles. The Kier molecular flexibility index (Phi) is 9.06. The number of carbonyl (C=O) groups excluding carboxylic acids is 2. The zero-order valence-corrected chi connectivity index (χ0v) is 23.8. The van der Waals surface area contributed by atoms with E-state index < -0.39 is 29.3 Å². The van der Waals surface area contributed by atoms with E-state index >= 15 is 0 Å². The number of β-lactam (4-membered cyclic amide) rings is 1. The Bertz CT molecular complexity index is 1730. The summed E-state index contributed by atoms with van der Waals surface area (Å²) in [6, 6.07) is 21.8. The third kappa shape index (κ3) is 6.24. The molecule has 2 aliphatic heterocycles. The first kappa shape index (κ1) is 29.4. The van der Waals surface area contributed by atoms with Gasteiger partial charge in [-0.1, -0.05) is 42.5 Å². The first-order valence-electron chi connectivity index (χ1n) is 13.4. The maximum atomic E-state index is 12.5. The van der Waals surface area contributed by atoms with Gasteiger partial charge in [0.25, 0.3) is 5.56 Å². The number of benzene rings is 3. The molecular formula is C31H28N4O7S. The summed E-state index contributed by atoms with van der Waals surface area (Å²) in [7, 11) is 0. The van der Waals surface area contributed by atoms with Crippen LogP contribution < -0.4 is 20.3 Å². The van der Waals surface area contributed by atoms with Crippen molar-refractivity contribution in [3.63, 3.8) is 0 Å². The van der Waals surface area contributed by atoms with Crippen LogP contribution in [0.25, 0.3) is 22.3 Å². The molecule has 43 heavy (non-hydrogen) atoms. The van der Waals surface area contributed by atoms with Crippen LogP contribution in [0.15, 0.2) is 94.6 Å². The number of nitrogens with one attached hydrogen (secondary N) is 2. The Hall–Kier alpha value is -5.10. The molecule has 2 aliphatic rings. The fourth-order valence-electron chi connectivity index (χ4n) is 4.77. The first-order chi connectivity index (χ1) is 20.9. The Morgan fingerprint density at radius 2 is 1.77 bits per heavy atom. The molecule has 0 saturated carbocycles. The smallest absolute Gasteiger partial charge is 0.330 e. The normalized spacial score (nSPS) is 18.7. The van der Waals surface area contributed by atoms with E-state index in [9.17, 15) is 24.3 Å². The second-order valence-corrected chi connectivity index (χ2v) is 10.4. The molecule has 6 rings (SSSR count). The summed E-state index contributed by atoms with van der Waals surface area (Å²) < 4.78 is 11.2. The van der Waals surface area contributed by atoms with Gasteiger partial charge in [0.15, 0.2) is 6.04 Å². The molecule has 12 heteroatoms. The highest BCUT2D eigenvalue weighted by Gasteiger charge is 2.55. The van der Waals surface area contributed by atoms with Crippen molar-refractivity contribution < 1.29 is 29.0 Å². The summed E-state index contributed by atoms with van der Waals surface area (Å²) in [5.74, 6) is 0.0168. The summed E-state index contributed by atoms with van der Waals surface area (Å²) in [6.45, 7) is 2.62. The van der Waals surface area contributed by atoms with E-state index in [2.05, 4.69) is 15.3 Å². The van der Waals surface area contributed by atoms with Crippen LogP contribution in [-0.2, 0) is 14.4 Å². The largest absolute Gasteiger partial charge is 0.494 e. The number of amides is 2. The molecule has 0 aliphatic carbocycles. The summed E-state index contributed by atoms with van der Waals surface area (Å²) >= 11 is 1.25. The molecule has 3 N–H and O–H groups in total. The number of fused-ring (bicyclic) bond motifs is 2. The number of carbonyl (C=O) groups is 3. The monoisotopic (exact) mass is 600 g/mol. The van der Waals surface area contributed by atoms with Gasteiger partial charge in [-0.25, -0.2) is 9.78 Å². The van der Waals surface area contributed by atoms with Gasteiger partial charge in [-0.15, -0.1) is 11.8 Å². The average Bonchev–Trinajstić information content (AvgIpc) is 3.03. The number of thioether (sulfide) groups is 1. The van der Waals surface area contributed by atoms with Crippen LogP contribution in [0.3, 0.4) is 0 Å². The highest BCUT2D eigenvalue weighted by molar-refractivity contribution is 8.02. The van der Waals surface area contributed by atoms with E-state index in [1.165, 1.54) is 16.7 Å². The van der Waals surface area contributed by atoms with Gasteiger partial charge in [0.1, 0.15) is 35.3 Å². The highest BCUT2D eigenvalue weighted by atomic mass is 32.2. The minimum Gasteiger partial charge on any atom is -0.494 e. The van der Waals surface area contributed by atoms with Gasteiger partial charge in [-0.2, -0.15) is 0 Å². The van der Waals surface area contributed by atoms with Crippen molar-refractivity contribution in [3.05, 3.63) is 100 Å². The van der Waals surface area contributed by atoms with Gasteiger partial charge in [-0.05, 0) is 48.7 Å². The van der Waals surface area contributed by atoms with Crippen molar-refractivity contribution >= 4 is 41.0 Å². The van der Waals surface area contributed by atoms with Gasteiger partial charge in [0, 0.05) is 5.57 Å². The number of nitrogens with zero attached hydrogens (tertiary/aromatic N) is 2. The molecule has 3 aromatic carbocycles. The lowest BCUT2D eigenvalue weighted by molar-refractivity contribution is -0.159. The van der Waals surface area contributed by atoms with Crippen LogP contribution in [0.5, 0.6) is 11.5 Å². The van der Waals surface area contributed by atoms with E-state index in [-0.39, 0.29) is 12.2 Å². The lowest BCUT2D eigenvalue weighted by Gasteiger charge is -2.50. The quantitative estimate of drug-likeness (QED) is 0.194. The van der Waals surface area contributed by atoms with Crippen LogP contribution in [0.2, 0.25) is 0 Å². The topological polar surface area (TPSA) is 151 Å². The minimum absolute atomic E-state index is 0.0962. The maximum Gasteiger partial charge on any atom is 0.330 e. The number of carboxylic acids is 1. The van der Waals surface area contributed by atoms with Crippen molar-refractivity contribution in [1.29, 1.82) is 0 Å². The molecular weight excluding hydrogens is 572 g/mol. The Balaban J connectivity index is 0.000000351. The lowest BCUT2D eigenvalue weighted by atomic mass is 9.98. The zero-order chi connectivity index (χ0) is 30.3. The number of aromatic nitrogens is 2. The highest BCUT2D eigenvalue weighted by Crippen LogP contribution is 2.40. The van der Waals surface area contributed by atoms with Gasteiger partial charge in [-0.3, -0.25) is 14.4 Å². The number of carboxylic acid groups (broad SMARTS) is 1. The summed E-state index contributed by atoms with van der Waals surface area (Å²) in [5.41, 5.74) is 1.18. The van der Waals surface area contributed by atoms with Gasteiger partial charge in [0.05, 0.1) is 23.1 Å². The van der Waals surface area contributed by atoms with Crippen LogP contribution in [0.4, 0.5) is 0 Å². The van der Waals surface area contributed by atoms with Crippen molar-refractivity contribution in [2.75, 3.05) is 13.2 Å². The number of para-hydroxylation sites is 3. The number of aliphatic carboxylic acids is 1. The van der Waals surface area contributed by atoms with E-state index in [0.717, 1.165) is 12.4 Å². The predicted octanol–water partition coefficient (Wildman–Crippen LogP) is 3.42. The molecule has 0 bridgehead atoms. The van der Waals surface area contributed by atoms with Crippen molar-refractivity contribution in [2.24, 2.45) is 0 Å². The third-order valence-electron chi connectivity index (χ3n) is 6.75. The Labute approximate surface area is 250 Å². The summed E-state index contributed by atoms with van der Waals surface area (Å²) in [5, 5.41) is 13.9. The second kappa shape index (κ2) is 13.3. The number of rotatable bonds is 9. The molecule has 11 nitrogen and oxygen atoms in total. The van der Waals surface area contributed by atoms with Crippen molar-refractivity contribution in [2.45, 2.75) is 24.4 Å². The molecule has 0 spiro atoms. The van der Waals surface area contributed by atoms with E-state index in [0.29, 0.717) is 40.0 Å². The van der Waals surface area contributed by atoms with Crippen LogP contribution in [-0.4, -0.2) is 68.9 Å². The number of hydrogen-bond donors (Lipinski definition) is 3. The molecule has 2 amide bonds. The molecule has 3 unspecified atom stereocenters. The van der Waals surface area contributed by atoms with E-state index in [1.54, 1.807) is 53.9 Å². The minimum atomic E-state index is -1.20. The van der Waals surface area contributed by atoms with Gasteiger partial charge < -0.3 is 29.8 Å². The fraction of sp³-hybridized carbons (Fsp3) is 0.194. The Morgan fingerprint density at radius 3 is 2.51 bits per heavy atom. The molecule has 1 fully saturated rings. The van der Waals surface area contributed by atoms with Gasteiger partial charge >= 0.3 is 5.97 Å². The number of hydrogen-bond acceptors (Lipinski definition) is 8. The van der Waals surface area contributed by atoms with Crippen molar-refractivity contribution in [1.82, 2.24) is 20.2 Å². The second-order valence-electron chi connectivity index (χ2n) is 9.43. The van der Waals surface area contributed by atoms with Crippen molar-refractivity contribution in [3.8, 4) is 22.9 Å². The van der Waals surface area contributed by atoms with Crippen LogP contribution >= 0.6 is 11.8 Å². The van der Waals surface area contributed by atoms with Crippen LogP contribution in [0.1, 0.15) is 6.92 Å². The first-order valence-corrected chi connectivity index (χ1v) is 14.4. The molecule has 3 atom stereocenters. The van der Waals surface area contributed by atoms with E-state index in [1.807, 2.05) is 37.3 Å². The van der Waals surface area contributed by atoms with Gasteiger partial charge in [0.2, 0.25) is 12.3 Å². The zero-order valence-electron chi connectivity index (χ0n) is 23.0. The Morgan fingerprint density at radius 1 is 1.05 bits per heavy atom. The number of aromatic amines is 1. The molecule has 1 saturated heterocycles. The fourth-order valence-corrected chi connectivity index (χ4v) is 5.99. The number of ether oxygens (including phenoxy) is 2. The molecule has 220 valence electrons. The summed E-state index contributed by atoms with van der Waals surface area (Å²) in [6.07, 6.45) is 0.431. The SMILES string of the molecule is CCOc1ccccc1.O=CNC1C(=O)N2C(C(=O)O)C(COc3ccccc3-c3nc4ccccc4c(=O)[nH]3)=CSC12. The van der Waals surface area contributed by atoms with E-state index in [4.69, 9.17) is 9.47 Å². The maximum absolute atomic E-state index is 12.5. The molecule has 0 radical (unpaired) electrons. The predicted molar refractivity (Wildman–Crippen MR) is 162 cm³/mol. The third-order valence-corrected chi connectivity index (χ3v) is 7.97. The van der Waals surface area contributed by atoms with Crippen LogP contribution in [0, 0.1) is 0 Å². The lowest BCUT2D eigenvalue weighted by Crippen LogP contribution is -2.73. The standard InChI is InChI=1S/C23H18N4O6S.C8H10O/c28-11-24-17-21(30)27-18(23(31)32)12(10-34-22(17)27)9-33-16-8-4-2-6-14(16)19-25-15-7-3-1-5-13(15)20(29)26-19;1-2-9-8-6-4-3-5-7-8/h1-8,10-11,17-18,22H,9H2,(H,24,28)(H,31,32)(H,25,26,29);3-7H,2H2,1H3. The summed E-state index contributed by atoms with van der Waals surface area (Å²) in [4.78, 5) is 56.2. The molecule has 4 aromatic rings.